The Balaban J connectivity index is 1.18. The van der Waals surface area contributed by atoms with Crippen molar-refractivity contribution in [1.82, 2.24) is 20.0 Å². The molecule has 1 aromatic heterocycles. The number of ether oxygens (including phenoxy) is 1. The summed E-state index contributed by atoms with van der Waals surface area (Å²) < 4.78 is 7.03. The fourth-order valence-electron chi connectivity index (χ4n) is 3.99. The van der Waals surface area contributed by atoms with Crippen molar-refractivity contribution in [3.63, 3.8) is 0 Å². The summed E-state index contributed by atoms with van der Waals surface area (Å²) in [5.74, 6) is 0.274. The molecule has 0 aliphatic carbocycles. The minimum absolute atomic E-state index is 0.201. The second-order valence-corrected chi connectivity index (χ2v) is 7.95. The van der Waals surface area contributed by atoms with Crippen molar-refractivity contribution in [2.45, 2.75) is 12.8 Å². The predicted molar refractivity (Wildman–Crippen MR) is 127 cm³/mol. The minimum Gasteiger partial charge on any atom is -0.493 e. The number of rotatable bonds is 9. The second-order valence-electron chi connectivity index (χ2n) is 7.95. The molecular formula is C25H31N5O2. The van der Waals surface area contributed by atoms with Gasteiger partial charge >= 0.3 is 0 Å². The molecule has 0 spiro atoms. The third-order valence-corrected chi connectivity index (χ3v) is 5.82. The van der Waals surface area contributed by atoms with Crippen LogP contribution in [0.25, 0.3) is 5.69 Å². The summed E-state index contributed by atoms with van der Waals surface area (Å²) in [6.07, 6.45) is 3.73. The lowest BCUT2D eigenvalue weighted by Crippen LogP contribution is -2.46. The van der Waals surface area contributed by atoms with Gasteiger partial charge in [0.25, 0.3) is 5.91 Å². The van der Waals surface area contributed by atoms with Gasteiger partial charge in [-0.25, -0.2) is 4.68 Å². The van der Waals surface area contributed by atoms with E-state index in [1.54, 1.807) is 18.0 Å². The number of carbonyl (C=O) groups excluding carboxylic acids is 1. The van der Waals surface area contributed by atoms with Crippen molar-refractivity contribution in [3.05, 3.63) is 72.6 Å². The average molecular weight is 434 g/mol. The van der Waals surface area contributed by atoms with Gasteiger partial charge in [-0.1, -0.05) is 36.4 Å². The predicted octanol–water partition coefficient (Wildman–Crippen LogP) is 3.21. The molecule has 1 N–H and O–H groups in total. The number of nitrogens with zero attached hydrogens (tertiary/aromatic N) is 4. The Hall–Kier alpha value is -3.32. The summed E-state index contributed by atoms with van der Waals surface area (Å²) in [4.78, 5) is 17.6. The van der Waals surface area contributed by atoms with E-state index < -0.39 is 0 Å². The number of unbranched alkanes of at least 4 members (excludes halogenated alkanes) is 1. The normalized spacial score (nSPS) is 14.3. The van der Waals surface area contributed by atoms with E-state index in [-0.39, 0.29) is 5.91 Å². The highest BCUT2D eigenvalue weighted by Crippen LogP contribution is 2.19. The number of aromatic nitrogens is 2. The Morgan fingerprint density at radius 1 is 0.938 bits per heavy atom. The number of amides is 1. The number of para-hydroxylation sites is 2. The van der Waals surface area contributed by atoms with Crippen LogP contribution in [0.4, 0.5) is 5.69 Å². The van der Waals surface area contributed by atoms with Crippen LogP contribution in [0.5, 0.6) is 5.75 Å². The van der Waals surface area contributed by atoms with Crippen molar-refractivity contribution in [2.75, 3.05) is 51.3 Å². The van der Waals surface area contributed by atoms with Gasteiger partial charge in [0.2, 0.25) is 0 Å². The van der Waals surface area contributed by atoms with Crippen LogP contribution < -0.4 is 15.0 Å². The summed E-state index contributed by atoms with van der Waals surface area (Å²) >= 11 is 0. The molecule has 1 amide bonds. The molecule has 1 saturated heterocycles. The van der Waals surface area contributed by atoms with Crippen LogP contribution in [0.2, 0.25) is 0 Å². The molecule has 1 aliphatic heterocycles. The van der Waals surface area contributed by atoms with Crippen molar-refractivity contribution in [1.29, 1.82) is 0 Å². The van der Waals surface area contributed by atoms with Crippen molar-refractivity contribution in [3.8, 4) is 11.4 Å². The number of hydrogen-bond acceptors (Lipinski definition) is 5. The minimum atomic E-state index is -0.201. The first-order chi connectivity index (χ1) is 15.7. The molecule has 0 atom stereocenters. The number of methoxy groups -OCH3 is 1. The van der Waals surface area contributed by atoms with Crippen LogP contribution >= 0.6 is 0 Å². The number of carbonyl (C=O) groups is 1. The first-order valence-electron chi connectivity index (χ1n) is 11.2. The highest BCUT2D eigenvalue weighted by atomic mass is 16.5. The van der Waals surface area contributed by atoms with E-state index in [9.17, 15) is 4.79 Å². The van der Waals surface area contributed by atoms with Gasteiger partial charge in [-0.15, -0.1) is 0 Å². The number of nitrogens with one attached hydrogen (secondary N) is 1. The zero-order valence-electron chi connectivity index (χ0n) is 18.6. The largest absolute Gasteiger partial charge is 0.493 e. The Morgan fingerprint density at radius 3 is 2.25 bits per heavy atom. The van der Waals surface area contributed by atoms with Crippen molar-refractivity contribution >= 4 is 11.6 Å². The van der Waals surface area contributed by atoms with Crippen LogP contribution in [-0.4, -0.2) is 67.0 Å². The molecule has 1 aliphatic rings. The molecule has 32 heavy (non-hydrogen) atoms. The van der Waals surface area contributed by atoms with E-state index >= 15 is 0 Å². The van der Waals surface area contributed by atoms with Gasteiger partial charge in [-0.2, -0.15) is 5.10 Å². The monoisotopic (exact) mass is 433 g/mol. The summed E-state index contributed by atoms with van der Waals surface area (Å²) in [5, 5.41) is 7.41. The van der Waals surface area contributed by atoms with E-state index in [0.29, 0.717) is 18.0 Å². The summed E-state index contributed by atoms with van der Waals surface area (Å²) in [5.41, 5.74) is 2.51. The fourth-order valence-corrected chi connectivity index (χ4v) is 3.99. The van der Waals surface area contributed by atoms with E-state index in [1.165, 1.54) is 5.69 Å². The third kappa shape index (κ3) is 5.48. The van der Waals surface area contributed by atoms with E-state index in [2.05, 4.69) is 50.5 Å². The maximum atomic E-state index is 12.6. The van der Waals surface area contributed by atoms with E-state index in [4.69, 9.17) is 4.74 Å². The molecule has 0 radical (unpaired) electrons. The summed E-state index contributed by atoms with van der Waals surface area (Å²) in [6, 6.07) is 20.3. The molecule has 7 nitrogen and oxygen atoms in total. The van der Waals surface area contributed by atoms with E-state index in [1.807, 2.05) is 30.3 Å². The Kier molecular flexibility index (Phi) is 7.40. The van der Waals surface area contributed by atoms with Gasteiger partial charge in [0.1, 0.15) is 0 Å². The van der Waals surface area contributed by atoms with Crippen molar-refractivity contribution < 1.29 is 9.53 Å². The maximum absolute atomic E-state index is 12.6. The molecule has 0 saturated carbocycles. The molecule has 2 heterocycles. The zero-order valence-corrected chi connectivity index (χ0v) is 18.6. The maximum Gasteiger partial charge on any atom is 0.275 e. The highest BCUT2D eigenvalue weighted by molar-refractivity contribution is 5.94. The first kappa shape index (κ1) is 21.9. The van der Waals surface area contributed by atoms with E-state index in [0.717, 1.165) is 51.3 Å². The molecule has 1 fully saturated rings. The third-order valence-electron chi connectivity index (χ3n) is 5.82. The van der Waals surface area contributed by atoms with Gasteiger partial charge in [-0.3, -0.25) is 9.69 Å². The lowest BCUT2D eigenvalue weighted by molar-refractivity contribution is 0.0944. The van der Waals surface area contributed by atoms with Crippen LogP contribution in [-0.2, 0) is 0 Å². The van der Waals surface area contributed by atoms with Gasteiger partial charge in [0.15, 0.2) is 11.4 Å². The van der Waals surface area contributed by atoms with Crippen LogP contribution in [0.1, 0.15) is 23.3 Å². The van der Waals surface area contributed by atoms with Gasteiger partial charge in [-0.05, 0) is 43.7 Å². The Bertz CT molecular complexity index is 982. The Labute approximate surface area is 189 Å². The second kappa shape index (κ2) is 10.8. The van der Waals surface area contributed by atoms with Crippen molar-refractivity contribution in [2.24, 2.45) is 0 Å². The molecule has 3 aromatic rings. The number of anilines is 1. The fraction of sp³-hybridized carbons (Fsp3) is 0.360. The lowest BCUT2D eigenvalue weighted by atomic mass is 10.2. The van der Waals surface area contributed by atoms with Gasteiger partial charge < -0.3 is 15.0 Å². The number of piperazine rings is 1. The van der Waals surface area contributed by atoms with Gasteiger partial charge in [0.05, 0.1) is 19.0 Å². The molecule has 2 aromatic carbocycles. The number of benzene rings is 2. The first-order valence-corrected chi connectivity index (χ1v) is 11.2. The molecule has 4 rings (SSSR count). The SMILES string of the molecule is COc1cn(-c2ccccc2)nc1C(=O)NCCCCN1CCN(c2ccccc2)CC1. The highest BCUT2D eigenvalue weighted by Gasteiger charge is 2.19. The molecule has 7 heteroatoms. The zero-order chi connectivity index (χ0) is 22.2. The standard InChI is InChI=1S/C25H31N5O2/c1-32-23-20-30(22-12-6-3-7-13-22)27-24(23)25(31)26-14-8-9-15-28-16-18-29(19-17-28)21-10-4-2-5-11-21/h2-7,10-13,20H,8-9,14-19H2,1H3,(H,26,31). The molecule has 0 bridgehead atoms. The molecule has 0 unspecified atom stereocenters. The van der Waals surface area contributed by atoms with Crippen LogP contribution in [0, 0.1) is 0 Å². The Morgan fingerprint density at radius 2 is 1.59 bits per heavy atom. The van der Waals surface area contributed by atoms with Gasteiger partial charge in [0, 0.05) is 38.4 Å². The topological polar surface area (TPSA) is 62.6 Å². The van der Waals surface area contributed by atoms with Crippen LogP contribution in [0.15, 0.2) is 66.9 Å². The average Bonchev–Trinajstić information content (AvgIpc) is 3.30. The summed E-state index contributed by atoms with van der Waals surface area (Å²) in [7, 11) is 1.56. The van der Waals surface area contributed by atoms with Crippen LogP contribution in [0.3, 0.4) is 0 Å². The lowest BCUT2D eigenvalue weighted by Gasteiger charge is -2.36. The number of hydrogen-bond donors (Lipinski definition) is 1. The molecule has 168 valence electrons. The molecular weight excluding hydrogens is 402 g/mol. The quantitative estimate of drug-likeness (QED) is 0.525. The smallest absolute Gasteiger partial charge is 0.275 e. The summed E-state index contributed by atoms with van der Waals surface area (Å²) in [6.45, 7) is 5.97.